The molecule has 0 spiro atoms. The molecule has 0 fully saturated rings. The first-order chi connectivity index (χ1) is 10.2. The highest BCUT2D eigenvalue weighted by atomic mass is 16.6. The zero-order valence-corrected chi connectivity index (χ0v) is 12.7. The first-order valence-corrected chi connectivity index (χ1v) is 6.51. The van der Waals surface area contributed by atoms with Gasteiger partial charge < -0.3 is 14.6 Å². The standard InChI is InChI=1S/C14H17N3O5/c1-14(2,3)22-13(20)15-11-10(12(18)19)9-7-8(21-4)5-6-17(9)16-11/h5-7H,1-4H3,(H,18,19)(H,15,16,20). The summed E-state index contributed by atoms with van der Waals surface area (Å²) in [5.41, 5.74) is -0.529. The summed E-state index contributed by atoms with van der Waals surface area (Å²) < 4.78 is 11.5. The minimum Gasteiger partial charge on any atom is -0.497 e. The van der Waals surface area contributed by atoms with Gasteiger partial charge in [0.1, 0.15) is 16.9 Å². The quantitative estimate of drug-likeness (QED) is 0.902. The summed E-state index contributed by atoms with van der Waals surface area (Å²) in [4.78, 5) is 23.3. The Morgan fingerprint density at radius 1 is 1.36 bits per heavy atom. The number of carboxylic acids is 1. The number of ether oxygens (including phenoxy) is 2. The van der Waals surface area contributed by atoms with E-state index in [1.54, 1.807) is 33.0 Å². The van der Waals surface area contributed by atoms with Crippen molar-refractivity contribution in [2.45, 2.75) is 26.4 Å². The van der Waals surface area contributed by atoms with Gasteiger partial charge in [0.25, 0.3) is 0 Å². The van der Waals surface area contributed by atoms with Gasteiger partial charge in [0.05, 0.1) is 12.6 Å². The van der Waals surface area contributed by atoms with Crippen LogP contribution in [0.1, 0.15) is 31.1 Å². The van der Waals surface area contributed by atoms with Crippen LogP contribution in [0, 0.1) is 0 Å². The van der Waals surface area contributed by atoms with E-state index in [4.69, 9.17) is 9.47 Å². The van der Waals surface area contributed by atoms with Gasteiger partial charge in [-0.1, -0.05) is 0 Å². The maximum Gasteiger partial charge on any atom is 0.413 e. The topological polar surface area (TPSA) is 102 Å². The van der Waals surface area contributed by atoms with Crippen LogP contribution in [0.4, 0.5) is 10.6 Å². The number of aromatic nitrogens is 2. The van der Waals surface area contributed by atoms with E-state index in [9.17, 15) is 14.7 Å². The fourth-order valence-corrected chi connectivity index (χ4v) is 1.85. The van der Waals surface area contributed by atoms with Crippen LogP contribution < -0.4 is 10.1 Å². The van der Waals surface area contributed by atoms with Crippen LogP contribution in [0.2, 0.25) is 0 Å². The highest BCUT2D eigenvalue weighted by Gasteiger charge is 2.23. The molecule has 8 heteroatoms. The fourth-order valence-electron chi connectivity index (χ4n) is 1.85. The Morgan fingerprint density at radius 2 is 2.05 bits per heavy atom. The number of carboxylic acid groups (broad SMARTS) is 1. The Bertz CT molecular complexity index is 730. The average molecular weight is 307 g/mol. The number of pyridine rings is 1. The number of carbonyl (C=O) groups excluding carboxylic acids is 1. The van der Waals surface area contributed by atoms with Crippen molar-refractivity contribution >= 4 is 23.4 Å². The van der Waals surface area contributed by atoms with Crippen molar-refractivity contribution in [3.63, 3.8) is 0 Å². The number of hydrogen-bond donors (Lipinski definition) is 2. The number of rotatable bonds is 3. The molecule has 22 heavy (non-hydrogen) atoms. The Morgan fingerprint density at radius 3 is 2.59 bits per heavy atom. The van der Waals surface area contributed by atoms with Gasteiger partial charge >= 0.3 is 12.1 Å². The smallest absolute Gasteiger partial charge is 0.413 e. The molecule has 1 amide bonds. The van der Waals surface area contributed by atoms with Gasteiger partial charge in [-0.2, -0.15) is 0 Å². The van der Waals surface area contributed by atoms with Crippen molar-refractivity contribution in [1.82, 2.24) is 9.61 Å². The number of aromatic carboxylic acids is 1. The van der Waals surface area contributed by atoms with Crippen molar-refractivity contribution < 1.29 is 24.2 Å². The summed E-state index contributed by atoms with van der Waals surface area (Å²) in [7, 11) is 1.47. The van der Waals surface area contributed by atoms with E-state index in [0.717, 1.165) is 0 Å². The third kappa shape index (κ3) is 3.27. The third-order valence-electron chi connectivity index (χ3n) is 2.68. The number of fused-ring (bicyclic) bond motifs is 1. The van der Waals surface area contributed by atoms with Crippen molar-refractivity contribution in [1.29, 1.82) is 0 Å². The minimum atomic E-state index is -1.21. The highest BCUT2D eigenvalue weighted by Crippen LogP contribution is 2.24. The van der Waals surface area contributed by atoms with Crippen LogP contribution in [0.25, 0.3) is 5.52 Å². The number of nitrogens with zero attached hydrogens (tertiary/aromatic N) is 2. The van der Waals surface area contributed by atoms with E-state index < -0.39 is 17.7 Å². The molecular formula is C14H17N3O5. The number of hydrogen-bond acceptors (Lipinski definition) is 5. The molecule has 0 aliphatic heterocycles. The van der Waals surface area contributed by atoms with Gasteiger partial charge in [-0.25, -0.2) is 14.1 Å². The molecule has 0 aliphatic rings. The van der Waals surface area contributed by atoms with Crippen molar-refractivity contribution in [3.8, 4) is 5.75 Å². The summed E-state index contributed by atoms with van der Waals surface area (Å²) >= 11 is 0. The highest BCUT2D eigenvalue weighted by molar-refractivity contribution is 6.04. The average Bonchev–Trinajstić information content (AvgIpc) is 2.72. The fraction of sp³-hybridized carbons (Fsp3) is 0.357. The lowest BCUT2D eigenvalue weighted by Gasteiger charge is -2.19. The summed E-state index contributed by atoms with van der Waals surface area (Å²) in [5.74, 6) is -0.817. The van der Waals surface area contributed by atoms with Crippen LogP contribution in [0.3, 0.4) is 0 Å². The minimum absolute atomic E-state index is 0.0880. The first-order valence-electron chi connectivity index (χ1n) is 6.51. The molecule has 0 aromatic carbocycles. The maximum absolute atomic E-state index is 11.8. The van der Waals surface area contributed by atoms with Gasteiger partial charge in [0.15, 0.2) is 5.82 Å². The first kappa shape index (κ1) is 15.6. The summed E-state index contributed by atoms with van der Waals surface area (Å²) in [5, 5.41) is 15.8. The number of amides is 1. The van der Waals surface area contributed by atoms with Gasteiger partial charge in [-0.15, -0.1) is 5.10 Å². The lowest BCUT2D eigenvalue weighted by Crippen LogP contribution is -2.27. The molecular weight excluding hydrogens is 290 g/mol. The Kier molecular flexibility index (Phi) is 3.94. The van der Waals surface area contributed by atoms with Crippen LogP contribution in [-0.4, -0.2) is 39.5 Å². The second-order valence-corrected chi connectivity index (χ2v) is 5.55. The van der Waals surface area contributed by atoms with Crippen LogP contribution in [0.15, 0.2) is 18.3 Å². The molecule has 0 saturated heterocycles. The predicted molar refractivity (Wildman–Crippen MR) is 78.6 cm³/mol. The van der Waals surface area contributed by atoms with Crippen molar-refractivity contribution in [2.24, 2.45) is 0 Å². The van der Waals surface area contributed by atoms with Crippen molar-refractivity contribution in [2.75, 3.05) is 12.4 Å². The van der Waals surface area contributed by atoms with E-state index >= 15 is 0 Å². The van der Waals surface area contributed by atoms with Crippen LogP contribution >= 0.6 is 0 Å². The molecule has 2 N–H and O–H groups in total. The summed E-state index contributed by atoms with van der Waals surface area (Å²) in [6.07, 6.45) is 0.770. The van der Waals surface area contributed by atoms with E-state index in [2.05, 4.69) is 10.4 Å². The Labute approximate surface area is 126 Å². The largest absolute Gasteiger partial charge is 0.497 e. The van der Waals surface area contributed by atoms with E-state index in [1.165, 1.54) is 17.7 Å². The molecule has 2 rings (SSSR count). The SMILES string of the molecule is COc1ccn2nc(NC(=O)OC(C)(C)C)c(C(=O)O)c2c1. The van der Waals surface area contributed by atoms with Crippen molar-refractivity contribution in [3.05, 3.63) is 23.9 Å². The molecule has 8 nitrogen and oxygen atoms in total. The van der Waals surface area contributed by atoms with Gasteiger partial charge in [-0.3, -0.25) is 5.32 Å². The molecule has 0 atom stereocenters. The van der Waals surface area contributed by atoms with Gasteiger partial charge in [0.2, 0.25) is 0 Å². The maximum atomic E-state index is 11.8. The van der Waals surface area contributed by atoms with Gasteiger partial charge in [0, 0.05) is 12.3 Å². The number of carbonyl (C=O) groups is 2. The number of nitrogens with one attached hydrogen (secondary N) is 1. The lowest BCUT2D eigenvalue weighted by atomic mass is 10.2. The lowest BCUT2D eigenvalue weighted by molar-refractivity contribution is 0.0635. The molecule has 0 bridgehead atoms. The number of methoxy groups -OCH3 is 1. The molecule has 0 unspecified atom stereocenters. The third-order valence-corrected chi connectivity index (χ3v) is 2.68. The zero-order chi connectivity index (χ0) is 16.5. The zero-order valence-electron chi connectivity index (χ0n) is 12.7. The molecule has 118 valence electrons. The van der Waals surface area contributed by atoms with Crippen LogP contribution in [-0.2, 0) is 4.74 Å². The number of anilines is 1. The molecule has 0 saturated carbocycles. The Balaban J connectivity index is 2.43. The predicted octanol–water partition coefficient (Wildman–Crippen LogP) is 2.39. The molecule has 2 heterocycles. The van der Waals surface area contributed by atoms with E-state index in [0.29, 0.717) is 11.3 Å². The summed E-state index contributed by atoms with van der Waals surface area (Å²) in [6, 6.07) is 3.15. The monoisotopic (exact) mass is 307 g/mol. The molecule has 0 radical (unpaired) electrons. The van der Waals surface area contributed by atoms with Crippen LogP contribution in [0.5, 0.6) is 5.75 Å². The second kappa shape index (κ2) is 5.55. The summed E-state index contributed by atoms with van der Waals surface area (Å²) in [6.45, 7) is 5.12. The molecule has 0 aliphatic carbocycles. The molecule has 2 aromatic heterocycles. The van der Waals surface area contributed by atoms with E-state index in [1.807, 2.05) is 0 Å². The Hall–Kier alpha value is -2.77. The van der Waals surface area contributed by atoms with E-state index in [-0.39, 0.29) is 11.4 Å². The second-order valence-electron chi connectivity index (χ2n) is 5.55. The molecule has 2 aromatic rings. The van der Waals surface area contributed by atoms with Gasteiger partial charge in [-0.05, 0) is 26.8 Å². The normalized spacial score (nSPS) is 11.3.